The molecule has 2 heterocycles. The molecular weight excluding hydrogens is 449 g/mol. The number of rotatable bonds is 4. The second-order valence-corrected chi connectivity index (χ2v) is 8.41. The molecule has 0 unspecified atom stereocenters. The molecule has 3 rings (SSSR count). The van der Waals surface area contributed by atoms with Crippen molar-refractivity contribution in [3.05, 3.63) is 48.3 Å². The Bertz CT molecular complexity index is 1170. The van der Waals surface area contributed by atoms with Crippen LogP contribution in [0, 0.1) is 0 Å². The maximum atomic E-state index is 12.9. The summed E-state index contributed by atoms with van der Waals surface area (Å²) in [5.74, 6) is -2.76. The molecule has 0 amide bonds. The van der Waals surface area contributed by atoms with E-state index in [-0.39, 0.29) is 10.6 Å². The average molecular weight is 465 g/mol. The number of fused-ring (bicyclic) bond motifs is 1. The van der Waals surface area contributed by atoms with Gasteiger partial charge in [0, 0.05) is 25.7 Å². The van der Waals surface area contributed by atoms with Crippen LogP contribution in [0.3, 0.4) is 0 Å². The van der Waals surface area contributed by atoms with Crippen molar-refractivity contribution in [2.45, 2.75) is 17.5 Å². The van der Waals surface area contributed by atoms with Crippen LogP contribution in [0.4, 0.5) is 22.0 Å². The summed E-state index contributed by atoms with van der Waals surface area (Å²) in [5.41, 5.74) is 1.60. The molecule has 2 N–H and O–H groups in total. The molecule has 0 spiro atoms. The minimum absolute atomic E-state index is 0.170. The Morgan fingerprint density at radius 2 is 1.68 bits per heavy atom. The number of pyridine rings is 1. The standard InChI is InChI=1S/C16H15F2N3O2S.C2HF3O2/c1-21(2)24(22,23)11-5-3-10(4-6-11)12-7-8-19-16-13(12)9-14(20-16)15(17)18;3-2(4,5)1(6)7/h3-9,15H,1-2H3,(H,19,20);(H,6,7). The summed E-state index contributed by atoms with van der Waals surface area (Å²) in [5, 5.41) is 7.69. The molecule has 0 aliphatic carbocycles. The number of carboxylic acid groups (broad SMARTS) is 1. The van der Waals surface area contributed by atoms with E-state index in [9.17, 15) is 30.4 Å². The number of aromatic amines is 1. The summed E-state index contributed by atoms with van der Waals surface area (Å²) < 4.78 is 82.8. The van der Waals surface area contributed by atoms with Crippen molar-refractivity contribution in [3.8, 4) is 11.1 Å². The molecule has 0 atom stereocenters. The molecule has 0 bridgehead atoms. The molecule has 0 aliphatic heterocycles. The first kappa shape index (κ1) is 24.2. The number of carboxylic acids is 1. The van der Waals surface area contributed by atoms with Crippen LogP contribution < -0.4 is 0 Å². The second-order valence-electron chi connectivity index (χ2n) is 6.26. The molecule has 0 saturated carbocycles. The van der Waals surface area contributed by atoms with Gasteiger partial charge in [-0.1, -0.05) is 12.1 Å². The van der Waals surface area contributed by atoms with Gasteiger partial charge in [-0.05, 0) is 35.4 Å². The van der Waals surface area contributed by atoms with Crippen LogP contribution in [0.1, 0.15) is 12.1 Å². The topological polar surface area (TPSA) is 103 Å². The average Bonchev–Trinajstić information content (AvgIpc) is 3.12. The minimum Gasteiger partial charge on any atom is -0.475 e. The van der Waals surface area contributed by atoms with Gasteiger partial charge in [0.15, 0.2) is 0 Å². The van der Waals surface area contributed by atoms with E-state index >= 15 is 0 Å². The Balaban J connectivity index is 0.000000423. The number of nitrogens with one attached hydrogen (secondary N) is 1. The first-order valence-corrected chi connectivity index (χ1v) is 9.78. The summed E-state index contributed by atoms with van der Waals surface area (Å²) in [7, 11) is -0.591. The lowest BCUT2D eigenvalue weighted by Crippen LogP contribution is -2.22. The Morgan fingerprint density at radius 3 is 2.13 bits per heavy atom. The molecule has 0 radical (unpaired) electrons. The fraction of sp³-hybridized carbons (Fsp3) is 0.222. The molecule has 7 nitrogen and oxygen atoms in total. The third-order valence-electron chi connectivity index (χ3n) is 3.97. The van der Waals surface area contributed by atoms with Crippen molar-refractivity contribution >= 4 is 27.0 Å². The van der Waals surface area contributed by atoms with Gasteiger partial charge in [-0.25, -0.2) is 31.3 Å². The van der Waals surface area contributed by atoms with Gasteiger partial charge in [-0.3, -0.25) is 0 Å². The van der Waals surface area contributed by atoms with Gasteiger partial charge < -0.3 is 10.1 Å². The lowest BCUT2D eigenvalue weighted by atomic mass is 10.0. The molecule has 3 aromatic rings. The zero-order valence-corrected chi connectivity index (χ0v) is 16.8. The monoisotopic (exact) mass is 465 g/mol. The maximum absolute atomic E-state index is 12.9. The van der Waals surface area contributed by atoms with Crippen LogP contribution in [0.2, 0.25) is 0 Å². The first-order chi connectivity index (χ1) is 14.2. The fourth-order valence-corrected chi connectivity index (χ4v) is 3.34. The summed E-state index contributed by atoms with van der Waals surface area (Å²) >= 11 is 0. The van der Waals surface area contributed by atoms with Gasteiger partial charge in [0.1, 0.15) is 5.65 Å². The zero-order chi connectivity index (χ0) is 23.6. The van der Waals surface area contributed by atoms with Crippen LogP contribution in [-0.2, 0) is 14.8 Å². The molecular formula is C18H16F5N3O4S. The highest BCUT2D eigenvalue weighted by Crippen LogP contribution is 2.31. The number of halogens is 5. The molecule has 0 fully saturated rings. The molecule has 2 aromatic heterocycles. The Labute approximate surface area is 173 Å². The van der Waals surface area contributed by atoms with Crippen molar-refractivity contribution in [3.63, 3.8) is 0 Å². The quantitative estimate of drug-likeness (QED) is 0.566. The highest BCUT2D eigenvalue weighted by atomic mass is 32.2. The lowest BCUT2D eigenvalue weighted by Gasteiger charge is -2.11. The van der Waals surface area contributed by atoms with Crippen molar-refractivity contribution < 1.29 is 40.3 Å². The molecule has 1 aromatic carbocycles. The third-order valence-corrected chi connectivity index (χ3v) is 5.80. The second kappa shape index (κ2) is 8.98. The van der Waals surface area contributed by atoms with Crippen LogP contribution in [0.25, 0.3) is 22.2 Å². The van der Waals surface area contributed by atoms with Crippen molar-refractivity contribution in [1.82, 2.24) is 14.3 Å². The minimum atomic E-state index is -5.08. The SMILES string of the molecule is CN(C)S(=O)(=O)c1ccc(-c2ccnc3[nH]c(C(F)F)cc23)cc1.O=C(O)C(F)(F)F. The normalized spacial score (nSPS) is 12.2. The van der Waals surface area contributed by atoms with Gasteiger partial charge in [0.05, 0.1) is 10.6 Å². The van der Waals surface area contributed by atoms with Gasteiger partial charge in [0.2, 0.25) is 10.0 Å². The number of H-pyrrole nitrogens is 1. The Kier molecular flexibility index (Phi) is 7.01. The molecule has 31 heavy (non-hydrogen) atoms. The summed E-state index contributed by atoms with van der Waals surface area (Å²) in [6, 6.07) is 9.38. The predicted octanol–water partition coefficient (Wildman–Crippen LogP) is 4.05. The van der Waals surface area contributed by atoms with E-state index < -0.39 is 28.6 Å². The molecule has 0 saturated heterocycles. The molecule has 0 aliphatic rings. The van der Waals surface area contributed by atoms with Crippen molar-refractivity contribution in [1.29, 1.82) is 0 Å². The van der Waals surface area contributed by atoms with Crippen molar-refractivity contribution in [2.75, 3.05) is 14.1 Å². The van der Waals surface area contributed by atoms with Crippen LogP contribution >= 0.6 is 0 Å². The Hall–Kier alpha value is -3.06. The van der Waals surface area contributed by atoms with Gasteiger partial charge >= 0.3 is 12.1 Å². The number of sulfonamides is 1. The van der Waals surface area contributed by atoms with E-state index in [1.807, 2.05) is 0 Å². The maximum Gasteiger partial charge on any atom is 0.490 e. The fourth-order valence-electron chi connectivity index (χ4n) is 2.43. The smallest absolute Gasteiger partial charge is 0.475 e. The number of alkyl halides is 5. The highest BCUT2D eigenvalue weighted by molar-refractivity contribution is 7.89. The van der Waals surface area contributed by atoms with E-state index in [4.69, 9.17) is 9.90 Å². The predicted molar refractivity (Wildman–Crippen MR) is 101 cm³/mol. The lowest BCUT2D eigenvalue weighted by molar-refractivity contribution is -0.192. The van der Waals surface area contributed by atoms with E-state index in [0.29, 0.717) is 16.6 Å². The van der Waals surface area contributed by atoms with Gasteiger partial charge in [-0.2, -0.15) is 13.2 Å². The summed E-state index contributed by atoms with van der Waals surface area (Å²) in [6.07, 6.45) is -6.17. The number of hydrogen-bond donors (Lipinski definition) is 2. The van der Waals surface area contributed by atoms with Crippen LogP contribution in [-0.4, -0.2) is 54.0 Å². The number of hydrogen-bond acceptors (Lipinski definition) is 4. The summed E-state index contributed by atoms with van der Waals surface area (Å²) in [4.78, 5) is 15.7. The van der Waals surface area contributed by atoms with E-state index in [1.54, 1.807) is 18.2 Å². The van der Waals surface area contributed by atoms with E-state index in [2.05, 4.69) is 9.97 Å². The number of aliphatic carboxylic acids is 1. The number of nitrogens with zero attached hydrogens (tertiary/aromatic N) is 2. The Morgan fingerprint density at radius 1 is 1.13 bits per heavy atom. The van der Waals surface area contributed by atoms with Crippen LogP contribution in [0.15, 0.2) is 47.5 Å². The number of aromatic nitrogens is 2. The zero-order valence-electron chi connectivity index (χ0n) is 16.0. The van der Waals surface area contributed by atoms with Crippen molar-refractivity contribution in [2.24, 2.45) is 0 Å². The van der Waals surface area contributed by atoms with E-state index in [0.717, 1.165) is 9.87 Å². The number of benzene rings is 1. The third kappa shape index (κ3) is 5.55. The largest absolute Gasteiger partial charge is 0.490 e. The molecule has 13 heteroatoms. The number of carbonyl (C=O) groups is 1. The highest BCUT2D eigenvalue weighted by Gasteiger charge is 2.38. The van der Waals surface area contributed by atoms with Crippen LogP contribution in [0.5, 0.6) is 0 Å². The molecule has 168 valence electrons. The summed E-state index contributed by atoms with van der Waals surface area (Å²) in [6.45, 7) is 0. The van der Waals surface area contributed by atoms with E-state index in [1.165, 1.54) is 38.5 Å². The van der Waals surface area contributed by atoms with Gasteiger partial charge in [0.25, 0.3) is 6.43 Å². The first-order valence-electron chi connectivity index (χ1n) is 8.34. The van der Waals surface area contributed by atoms with Gasteiger partial charge in [-0.15, -0.1) is 0 Å².